The molecule has 18 heavy (non-hydrogen) atoms. The smallest absolute Gasteiger partial charge is 0.0766 e. The summed E-state index contributed by atoms with van der Waals surface area (Å²) in [6.45, 7) is 12.0. The van der Waals surface area contributed by atoms with Crippen LogP contribution in [-0.4, -0.2) is 23.3 Å². The van der Waals surface area contributed by atoms with Crippen molar-refractivity contribution >= 4 is 0 Å². The van der Waals surface area contributed by atoms with Gasteiger partial charge in [0.15, 0.2) is 0 Å². The van der Waals surface area contributed by atoms with E-state index in [9.17, 15) is 5.11 Å². The van der Waals surface area contributed by atoms with E-state index in [4.69, 9.17) is 0 Å². The molecule has 0 amide bonds. The van der Waals surface area contributed by atoms with Crippen molar-refractivity contribution in [2.45, 2.75) is 84.8 Å². The Hall–Kier alpha value is -0.0800. The Balaban J connectivity index is 2.32. The lowest BCUT2D eigenvalue weighted by molar-refractivity contribution is 0.0268. The molecule has 0 aromatic rings. The van der Waals surface area contributed by atoms with Crippen LogP contribution in [0.3, 0.4) is 0 Å². The maximum atomic E-state index is 10.3. The Bertz CT molecular complexity index is 232. The van der Waals surface area contributed by atoms with Gasteiger partial charge in [0.25, 0.3) is 0 Å². The lowest BCUT2D eigenvalue weighted by Gasteiger charge is -2.38. The van der Waals surface area contributed by atoms with Gasteiger partial charge in [0.1, 0.15) is 0 Å². The first-order valence-corrected chi connectivity index (χ1v) is 7.76. The highest BCUT2D eigenvalue weighted by atomic mass is 16.3. The topological polar surface area (TPSA) is 32.3 Å². The van der Waals surface area contributed by atoms with Gasteiger partial charge in [-0.1, -0.05) is 34.6 Å². The molecule has 0 radical (unpaired) electrons. The summed E-state index contributed by atoms with van der Waals surface area (Å²) < 4.78 is 0. The molecule has 1 fully saturated rings. The van der Waals surface area contributed by atoms with Crippen molar-refractivity contribution in [3.05, 3.63) is 0 Å². The van der Waals surface area contributed by atoms with Gasteiger partial charge in [0, 0.05) is 12.6 Å². The molecule has 0 bridgehead atoms. The molecule has 2 nitrogen and oxygen atoms in total. The van der Waals surface area contributed by atoms with E-state index < -0.39 is 5.60 Å². The second kappa shape index (κ2) is 6.38. The zero-order valence-corrected chi connectivity index (χ0v) is 13.1. The first kappa shape index (κ1) is 16.0. The van der Waals surface area contributed by atoms with Crippen LogP contribution in [0.2, 0.25) is 0 Å². The largest absolute Gasteiger partial charge is 0.389 e. The number of nitrogens with one attached hydrogen (secondary N) is 1. The summed E-state index contributed by atoms with van der Waals surface area (Å²) in [5, 5.41) is 13.9. The fraction of sp³-hybridized carbons (Fsp3) is 1.00. The molecule has 2 heteroatoms. The highest BCUT2D eigenvalue weighted by molar-refractivity contribution is 4.86. The van der Waals surface area contributed by atoms with Crippen molar-refractivity contribution < 1.29 is 5.11 Å². The van der Waals surface area contributed by atoms with Gasteiger partial charge in [-0.05, 0) is 49.9 Å². The summed E-state index contributed by atoms with van der Waals surface area (Å²) in [5.74, 6) is 0.867. The molecule has 0 aromatic heterocycles. The Morgan fingerprint density at radius 2 is 1.50 bits per heavy atom. The van der Waals surface area contributed by atoms with Crippen LogP contribution in [0, 0.1) is 11.3 Å². The summed E-state index contributed by atoms with van der Waals surface area (Å²) in [7, 11) is 0. The van der Waals surface area contributed by atoms with Gasteiger partial charge in [-0.3, -0.25) is 0 Å². The number of rotatable bonds is 5. The fourth-order valence-corrected chi connectivity index (χ4v) is 3.00. The first-order chi connectivity index (χ1) is 8.30. The maximum absolute atomic E-state index is 10.3. The predicted molar refractivity (Wildman–Crippen MR) is 78.7 cm³/mol. The van der Waals surface area contributed by atoms with E-state index in [2.05, 4.69) is 39.9 Å². The van der Waals surface area contributed by atoms with Crippen LogP contribution >= 0.6 is 0 Å². The predicted octanol–water partition coefficient (Wildman–Crippen LogP) is 3.73. The van der Waals surface area contributed by atoms with Gasteiger partial charge in [0.2, 0.25) is 0 Å². The van der Waals surface area contributed by atoms with Gasteiger partial charge < -0.3 is 10.4 Å². The summed E-state index contributed by atoms with van der Waals surface area (Å²) >= 11 is 0. The lowest BCUT2D eigenvalue weighted by Crippen LogP contribution is -2.45. The standard InChI is InChI=1S/C16H33NO/c1-6-16(18,7-2)12-17-14-10-8-13(9-11-14)15(3,4)5/h13-14,17-18H,6-12H2,1-5H3. The maximum Gasteiger partial charge on any atom is 0.0766 e. The van der Waals surface area contributed by atoms with E-state index in [0.29, 0.717) is 11.5 Å². The van der Waals surface area contributed by atoms with Gasteiger partial charge in [0.05, 0.1) is 5.60 Å². The van der Waals surface area contributed by atoms with Gasteiger partial charge in [-0.25, -0.2) is 0 Å². The van der Waals surface area contributed by atoms with E-state index >= 15 is 0 Å². The van der Waals surface area contributed by atoms with Crippen molar-refractivity contribution in [3.63, 3.8) is 0 Å². The van der Waals surface area contributed by atoms with Crippen LogP contribution in [0.4, 0.5) is 0 Å². The molecule has 0 aliphatic heterocycles. The first-order valence-electron chi connectivity index (χ1n) is 7.76. The van der Waals surface area contributed by atoms with E-state index in [0.717, 1.165) is 25.3 Å². The molecular formula is C16H33NO. The zero-order chi connectivity index (χ0) is 13.8. The molecule has 0 aromatic carbocycles. The molecule has 0 spiro atoms. The summed E-state index contributed by atoms with van der Waals surface area (Å²) in [6.07, 6.45) is 6.88. The summed E-state index contributed by atoms with van der Waals surface area (Å²) in [5.41, 5.74) is -0.0422. The molecule has 0 atom stereocenters. The summed E-state index contributed by atoms with van der Waals surface area (Å²) in [6, 6.07) is 0.619. The Morgan fingerprint density at radius 3 is 1.89 bits per heavy atom. The second-order valence-corrected chi connectivity index (χ2v) is 7.23. The molecule has 108 valence electrons. The SMILES string of the molecule is CCC(O)(CC)CNC1CCC(C(C)(C)C)CC1. The Kier molecular flexibility index (Phi) is 5.67. The van der Waals surface area contributed by atoms with Gasteiger partial charge >= 0.3 is 0 Å². The fourth-order valence-electron chi connectivity index (χ4n) is 3.00. The van der Waals surface area contributed by atoms with Crippen molar-refractivity contribution in [3.8, 4) is 0 Å². The average Bonchev–Trinajstić information content (AvgIpc) is 2.35. The molecule has 0 unspecified atom stereocenters. The number of hydrogen-bond acceptors (Lipinski definition) is 2. The Labute approximate surface area is 114 Å². The molecule has 1 saturated carbocycles. The van der Waals surface area contributed by atoms with E-state index in [1.807, 2.05) is 0 Å². The minimum absolute atomic E-state index is 0.457. The molecule has 1 aliphatic carbocycles. The zero-order valence-electron chi connectivity index (χ0n) is 13.1. The summed E-state index contributed by atoms with van der Waals surface area (Å²) in [4.78, 5) is 0. The monoisotopic (exact) mass is 255 g/mol. The third kappa shape index (κ3) is 4.55. The average molecular weight is 255 g/mol. The van der Waals surface area contributed by atoms with E-state index in [-0.39, 0.29) is 0 Å². The highest BCUT2D eigenvalue weighted by Crippen LogP contribution is 2.37. The third-order valence-corrected chi connectivity index (χ3v) is 4.99. The van der Waals surface area contributed by atoms with Crippen molar-refractivity contribution in [2.24, 2.45) is 11.3 Å². The molecule has 1 aliphatic rings. The van der Waals surface area contributed by atoms with Crippen LogP contribution in [0.1, 0.15) is 73.1 Å². The van der Waals surface area contributed by atoms with Crippen molar-refractivity contribution in [1.29, 1.82) is 0 Å². The van der Waals surface area contributed by atoms with Crippen LogP contribution in [-0.2, 0) is 0 Å². The van der Waals surface area contributed by atoms with E-state index in [1.165, 1.54) is 25.7 Å². The van der Waals surface area contributed by atoms with Crippen LogP contribution in [0.15, 0.2) is 0 Å². The third-order valence-electron chi connectivity index (χ3n) is 4.99. The van der Waals surface area contributed by atoms with Gasteiger partial charge in [-0.2, -0.15) is 0 Å². The van der Waals surface area contributed by atoms with Crippen LogP contribution in [0.5, 0.6) is 0 Å². The molecule has 2 N–H and O–H groups in total. The molecule has 0 saturated heterocycles. The van der Waals surface area contributed by atoms with Crippen molar-refractivity contribution in [1.82, 2.24) is 5.32 Å². The van der Waals surface area contributed by atoms with Crippen molar-refractivity contribution in [2.75, 3.05) is 6.54 Å². The lowest BCUT2D eigenvalue weighted by atomic mass is 9.71. The highest BCUT2D eigenvalue weighted by Gasteiger charge is 2.30. The quantitative estimate of drug-likeness (QED) is 0.784. The molecule has 1 rings (SSSR count). The minimum Gasteiger partial charge on any atom is -0.389 e. The van der Waals surface area contributed by atoms with Gasteiger partial charge in [-0.15, -0.1) is 0 Å². The normalized spacial score (nSPS) is 26.3. The molecular weight excluding hydrogens is 222 g/mol. The number of aliphatic hydroxyl groups is 1. The van der Waals surface area contributed by atoms with Crippen LogP contribution < -0.4 is 5.32 Å². The molecule has 0 heterocycles. The van der Waals surface area contributed by atoms with Crippen LogP contribution in [0.25, 0.3) is 0 Å². The Morgan fingerprint density at radius 1 is 1.00 bits per heavy atom. The minimum atomic E-state index is -0.499. The van der Waals surface area contributed by atoms with E-state index in [1.54, 1.807) is 0 Å². The number of hydrogen-bond donors (Lipinski definition) is 2. The second-order valence-electron chi connectivity index (χ2n) is 7.23.